The number of piperidine rings is 1. The van der Waals surface area contributed by atoms with Gasteiger partial charge in [-0.15, -0.1) is 0 Å². The van der Waals surface area contributed by atoms with Gasteiger partial charge in [-0.2, -0.15) is 0 Å². The Bertz CT molecular complexity index is 498. The van der Waals surface area contributed by atoms with Gasteiger partial charge in [0.25, 0.3) is 0 Å². The summed E-state index contributed by atoms with van der Waals surface area (Å²) in [6, 6.07) is 5.72. The summed E-state index contributed by atoms with van der Waals surface area (Å²) in [6.07, 6.45) is 4.31. The average molecular weight is 322 g/mol. The zero-order valence-electron chi connectivity index (χ0n) is 14.7. The van der Waals surface area contributed by atoms with Crippen LogP contribution in [0.4, 0.5) is 10.1 Å². The van der Waals surface area contributed by atoms with E-state index in [0.717, 1.165) is 50.1 Å². The van der Waals surface area contributed by atoms with E-state index in [1.54, 1.807) is 6.07 Å². The van der Waals surface area contributed by atoms with Crippen LogP contribution in [0.1, 0.15) is 58.1 Å². The lowest BCUT2D eigenvalue weighted by atomic mass is 9.89. The second kappa shape index (κ2) is 8.11. The molecule has 23 heavy (non-hydrogen) atoms. The predicted octanol–water partition coefficient (Wildman–Crippen LogP) is 3.88. The Balaban J connectivity index is 1.98. The number of halogens is 1. The lowest BCUT2D eigenvalue weighted by Crippen LogP contribution is -2.32. The molecule has 1 aromatic carbocycles. The number of aliphatic hydroxyl groups excluding tert-OH is 1. The molecule has 2 N–H and O–H groups in total. The second-order valence-electron chi connectivity index (χ2n) is 7.50. The molecule has 0 aliphatic carbocycles. The highest BCUT2D eigenvalue weighted by atomic mass is 19.1. The number of anilines is 1. The van der Waals surface area contributed by atoms with Crippen LogP contribution in [0.15, 0.2) is 18.2 Å². The smallest absolute Gasteiger partial charge is 0.146 e. The molecule has 1 fully saturated rings. The molecule has 4 heteroatoms. The van der Waals surface area contributed by atoms with Gasteiger partial charge in [0.15, 0.2) is 0 Å². The fraction of sp³-hybridized carbons (Fsp3) is 0.684. The highest BCUT2D eigenvalue weighted by molar-refractivity contribution is 5.49. The van der Waals surface area contributed by atoms with Crippen molar-refractivity contribution < 1.29 is 9.50 Å². The Morgan fingerprint density at radius 1 is 1.26 bits per heavy atom. The minimum Gasteiger partial charge on any atom is -0.396 e. The van der Waals surface area contributed by atoms with Crippen LogP contribution < -0.4 is 10.2 Å². The number of hydrogen-bond acceptors (Lipinski definition) is 3. The van der Waals surface area contributed by atoms with E-state index < -0.39 is 0 Å². The van der Waals surface area contributed by atoms with Crippen LogP contribution in [0.25, 0.3) is 0 Å². The summed E-state index contributed by atoms with van der Waals surface area (Å²) in [5.74, 6) is -0.118. The van der Waals surface area contributed by atoms with Crippen LogP contribution in [-0.4, -0.2) is 31.3 Å². The van der Waals surface area contributed by atoms with E-state index in [2.05, 4.69) is 31.0 Å². The monoisotopic (exact) mass is 322 g/mol. The van der Waals surface area contributed by atoms with Gasteiger partial charge in [-0.25, -0.2) is 4.39 Å². The molecule has 1 heterocycles. The van der Waals surface area contributed by atoms with E-state index in [9.17, 15) is 4.39 Å². The van der Waals surface area contributed by atoms with Gasteiger partial charge in [0.2, 0.25) is 0 Å². The number of benzene rings is 1. The van der Waals surface area contributed by atoms with Crippen molar-refractivity contribution in [2.45, 2.75) is 52.5 Å². The number of nitrogens with one attached hydrogen (secondary N) is 1. The molecule has 2 rings (SSSR count). The molecule has 1 aromatic rings. The maximum Gasteiger partial charge on any atom is 0.146 e. The summed E-state index contributed by atoms with van der Waals surface area (Å²) in [6.45, 7) is 9.22. The van der Waals surface area contributed by atoms with Gasteiger partial charge in [-0.1, -0.05) is 19.9 Å². The fourth-order valence-corrected chi connectivity index (χ4v) is 3.12. The number of nitrogens with zero attached hydrogens (tertiary/aromatic N) is 1. The molecule has 0 amide bonds. The van der Waals surface area contributed by atoms with Gasteiger partial charge in [0, 0.05) is 32.3 Å². The van der Waals surface area contributed by atoms with Crippen molar-refractivity contribution >= 4 is 5.69 Å². The molecule has 1 atom stereocenters. The normalized spacial score (nSPS) is 17.3. The molecule has 0 aromatic heterocycles. The maximum absolute atomic E-state index is 14.5. The molecule has 1 aliphatic heterocycles. The summed E-state index contributed by atoms with van der Waals surface area (Å²) in [5.41, 5.74) is 1.75. The first-order valence-corrected chi connectivity index (χ1v) is 8.81. The van der Waals surface area contributed by atoms with Crippen LogP contribution in [0, 0.1) is 11.2 Å². The number of aliphatic hydroxyl groups is 1. The van der Waals surface area contributed by atoms with E-state index in [1.807, 2.05) is 12.1 Å². The Hall–Kier alpha value is -1.13. The van der Waals surface area contributed by atoms with Crippen molar-refractivity contribution in [2.24, 2.45) is 5.41 Å². The quantitative estimate of drug-likeness (QED) is 0.800. The average Bonchev–Trinajstić information content (AvgIpc) is 2.53. The molecular formula is C19H31FN2O. The highest BCUT2D eigenvalue weighted by Crippen LogP contribution is 2.27. The lowest BCUT2D eigenvalue weighted by Gasteiger charge is -2.30. The molecule has 0 saturated carbocycles. The van der Waals surface area contributed by atoms with Crippen molar-refractivity contribution in [3.8, 4) is 0 Å². The van der Waals surface area contributed by atoms with Crippen molar-refractivity contribution in [2.75, 3.05) is 31.1 Å². The van der Waals surface area contributed by atoms with E-state index in [1.165, 1.54) is 6.42 Å². The first-order valence-electron chi connectivity index (χ1n) is 8.81. The van der Waals surface area contributed by atoms with E-state index in [-0.39, 0.29) is 23.9 Å². The van der Waals surface area contributed by atoms with E-state index in [0.29, 0.717) is 0 Å². The van der Waals surface area contributed by atoms with Gasteiger partial charge in [0.1, 0.15) is 5.82 Å². The minimum absolute atomic E-state index is 0.0370. The standard InChI is InChI=1S/C19H31FN2O/c1-15(21-14-19(2,3)9-12-23)16-7-8-18(17(20)13-16)22-10-5-4-6-11-22/h7-8,13,15,21,23H,4-6,9-12,14H2,1-3H3. The largest absolute Gasteiger partial charge is 0.396 e. The molecule has 1 aliphatic rings. The third-order valence-electron chi connectivity index (χ3n) is 4.84. The van der Waals surface area contributed by atoms with Crippen molar-refractivity contribution in [3.05, 3.63) is 29.6 Å². The van der Waals surface area contributed by atoms with Gasteiger partial charge >= 0.3 is 0 Å². The Kier molecular flexibility index (Phi) is 6.42. The number of rotatable bonds is 7. The van der Waals surface area contributed by atoms with Gasteiger partial charge in [-0.3, -0.25) is 0 Å². The van der Waals surface area contributed by atoms with Crippen LogP contribution in [0.2, 0.25) is 0 Å². The Morgan fingerprint density at radius 2 is 1.96 bits per heavy atom. The Labute approximate surface area is 139 Å². The van der Waals surface area contributed by atoms with Crippen molar-refractivity contribution in [1.82, 2.24) is 5.32 Å². The summed E-state index contributed by atoms with van der Waals surface area (Å²) in [7, 11) is 0. The van der Waals surface area contributed by atoms with Crippen LogP contribution >= 0.6 is 0 Å². The SMILES string of the molecule is CC(NCC(C)(C)CCO)c1ccc(N2CCCCC2)c(F)c1. The first kappa shape index (κ1) is 18.2. The number of hydrogen-bond donors (Lipinski definition) is 2. The van der Waals surface area contributed by atoms with Gasteiger partial charge in [0.05, 0.1) is 5.69 Å². The van der Waals surface area contributed by atoms with Crippen LogP contribution in [0.5, 0.6) is 0 Å². The Morgan fingerprint density at radius 3 is 2.57 bits per heavy atom. The van der Waals surface area contributed by atoms with Crippen LogP contribution in [0.3, 0.4) is 0 Å². The summed E-state index contributed by atoms with van der Waals surface area (Å²) < 4.78 is 14.5. The maximum atomic E-state index is 14.5. The summed E-state index contributed by atoms with van der Waals surface area (Å²) in [4.78, 5) is 2.16. The molecular weight excluding hydrogens is 291 g/mol. The molecule has 0 bridgehead atoms. The molecule has 130 valence electrons. The molecule has 0 radical (unpaired) electrons. The van der Waals surface area contributed by atoms with Gasteiger partial charge < -0.3 is 15.3 Å². The zero-order chi connectivity index (χ0) is 16.9. The first-order chi connectivity index (χ1) is 10.9. The molecule has 1 unspecified atom stereocenters. The topological polar surface area (TPSA) is 35.5 Å². The third-order valence-corrected chi connectivity index (χ3v) is 4.84. The van der Waals surface area contributed by atoms with E-state index in [4.69, 9.17) is 5.11 Å². The molecule has 0 spiro atoms. The predicted molar refractivity (Wildman–Crippen MR) is 94.4 cm³/mol. The minimum atomic E-state index is -0.118. The van der Waals surface area contributed by atoms with Crippen LogP contribution in [-0.2, 0) is 0 Å². The summed E-state index contributed by atoms with van der Waals surface area (Å²) in [5, 5.41) is 12.6. The second-order valence-corrected chi connectivity index (χ2v) is 7.50. The molecule has 3 nitrogen and oxygen atoms in total. The zero-order valence-corrected chi connectivity index (χ0v) is 14.7. The van der Waals surface area contributed by atoms with Crippen molar-refractivity contribution in [3.63, 3.8) is 0 Å². The summed E-state index contributed by atoms with van der Waals surface area (Å²) >= 11 is 0. The lowest BCUT2D eigenvalue weighted by molar-refractivity contribution is 0.203. The fourth-order valence-electron chi connectivity index (χ4n) is 3.12. The van der Waals surface area contributed by atoms with Crippen molar-refractivity contribution in [1.29, 1.82) is 0 Å². The molecule has 1 saturated heterocycles. The van der Waals surface area contributed by atoms with Gasteiger partial charge in [-0.05, 0) is 55.7 Å². The third kappa shape index (κ3) is 5.18. The highest BCUT2D eigenvalue weighted by Gasteiger charge is 2.20. The van der Waals surface area contributed by atoms with E-state index >= 15 is 0 Å².